The van der Waals surface area contributed by atoms with Gasteiger partial charge in [-0.25, -0.2) is 9.97 Å². The number of nitrogen functional groups attached to an aromatic ring is 1. The first-order chi connectivity index (χ1) is 12.8. The van der Waals surface area contributed by atoms with Crippen molar-refractivity contribution in [3.05, 3.63) is 24.5 Å². The zero-order valence-electron chi connectivity index (χ0n) is 14.7. The summed E-state index contributed by atoms with van der Waals surface area (Å²) in [6.45, 7) is 4.41. The number of hydrogen-bond acceptors (Lipinski definition) is 8. The fraction of sp³-hybridized carbons (Fsp3) is 0.444. The van der Waals surface area contributed by atoms with E-state index >= 15 is 0 Å². The smallest absolute Gasteiger partial charge is 0.231 e. The maximum Gasteiger partial charge on any atom is 0.231 e. The number of likely N-dealkylation sites (tertiary alicyclic amines) is 1. The first-order valence-electron chi connectivity index (χ1n) is 9.03. The molecule has 1 saturated heterocycles. The van der Waals surface area contributed by atoms with Crippen molar-refractivity contribution in [3.8, 4) is 11.5 Å². The van der Waals surface area contributed by atoms with Crippen LogP contribution in [0.25, 0.3) is 0 Å². The predicted octanol–water partition coefficient (Wildman–Crippen LogP) is 2.43. The summed E-state index contributed by atoms with van der Waals surface area (Å²) in [5, 5.41) is 6.55. The lowest BCUT2D eigenvalue weighted by molar-refractivity contribution is 0.174. The van der Waals surface area contributed by atoms with E-state index in [1.165, 1.54) is 38.7 Å². The minimum atomic E-state index is 0.250. The van der Waals surface area contributed by atoms with Gasteiger partial charge in [-0.1, -0.05) is 6.42 Å². The van der Waals surface area contributed by atoms with Gasteiger partial charge in [0, 0.05) is 24.8 Å². The van der Waals surface area contributed by atoms with Crippen LogP contribution in [-0.4, -0.2) is 47.8 Å². The van der Waals surface area contributed by atoms with Gasteiger partial charge < -0.3 is 30.7 Å². The van der Waals surface area contributed by atoms with E-state index in [2.05, 4.69) is 25.5 Å². The van der Waals surface area contributed by atoms with Gasteiger partial charge >= 0.3 is 0 Å². The maximum atomic E-state index is 6.24. The number of ether oxygens (including phenoxy) is 2. The van der Waals surface area contributed by atoms with Crippen LogP contribution in [0, 0.1) is 0 Å². The van der Waals surface area contributed by atoms with Crippen LogP contribution in [0.3, 0.4) is 0 Å². The first kappa shape index (κ1) is 16.7. The number of hydrogen-bond donors (Lipinski definition) is 3. The first-order valence-corrected chi connectivity index (χ1v) is 9.03. The van der Waals surface area contributed by atoms with Gasteiger partial charge in [-0.2, -0.15) is 0 Å². The van der Waals surface area contributed by atoms with Gasteiger partial charge in [0.2, 0.25) is 6.79 Å². The van der Waals surface area contributed by atoms with Crippen molar-refractivity contribution in [3.63, 3.8) is 0 Å². The number of aromatic nitrogens is 2. The second kappa shape index (κ2) is 7.65. The Labute approximate surface area is 152 Å². The normalized spacial score (nSPS) is 16.5. The van der Waals surface area contributed by atoms with E-state index in [-0.39, 0.29) is 6.79 Å². The molecule has 0 amide bonds. The standard InChI is InChI=1S/C18H24N6O2/c19-16-17(20-6-9-24-7-2-1-3-8-24)21-11-22-18(16)23-13-4-5-14-15(10-13)26-12-25-14/h4-5,10-11H,1-3,6-9,12,19H2,(H2,20,21,22,23). The molecule has 8 nitrogen and oxygen atoms in total. The summed E-state index contributed by atoms with van der Waals surface area (Å²) >= 11 is 0. The summed E-state index contributed by atoms with van der Waals surface area (Å²) in [7, 11) is 0. The molecule has 1 fully saturated rings. The number of rotatable bonds is 6. The Balaban J connectivity index is 1.39. The van der Waals surface area contributed by atoms with Crippen LogP contribution in [0.5, 0.6) is 11.5 Å². The molecule has 1 aromatic carbocycles. The highest BCUT2D eigenvalue weighted by Gasteiger charge is 2.15. The average molecular weight is 356 g/mol. The molecule has 138 valence electrons. The van der Waals surface area contributed by atoms with E-state index in [1.54, 1.807) is 0 Å². The van der Waals surface area contributed by atoms with E-state index in [0.717, 1.165) is 24.5 Å². The predicted molar refractivity (Wildman–Crippen MR) is 101 cm³/mol. The van der Waals surface area contributed by atoms with E-state index in [0.29, 0.717) is 23.1 Å². The molecule has 2 aliphatic rings. The summed E-state index contributed by atoms with van der Waals surface area (Å²) in [6.07, 6.45) is 5.44. The minimum absolute atomic E-state index is 0.250. The molecule has 26 heavy (non-hydrogen) atoms. The van der Waals surface area contributed by atoms with Crippen LogP contribution in [-0.2, 0) is 0 Å². The van der Waals surface area contributed by atoms with Gasteiger partial charge in [-0.3, -0.25) is 0 Å². The fourth-order valence-corrected chi connectivity index (χ4v) is 3.26. The quantitative estimate of drug-likeness (QED) is 0.726. The highest BCUT2D eigenvalue weighted by molar-refractivity contribution is 5.78. The molecule has 8 heteroatoms. The number of anilines is 4. The zero-order chi connectivity index (χ0) is 17.8. The van der Waals surface area contributed by atoms with Gasteiger partial charge in [-0.05, 0) is 38.1 Å². The number of nitrogens with one attached hydrogen (secondary N) is 2. The molecule has 3 heterocycles. The zero-order valence-corrected chi connectivity index (χ0v) is 14.7. The second-order valence-electron chi connectivity index (χ2n) is 6.51. The van der Waals surface area contributed by atoms with Gasteiger partial charge in [0.25, 0.3) is 0 Å². The van der Waals surface area contributed by atoms with Crippen molar-refractivity contribution >= 4 is 23.0 Å². The summed E-state index contributed by atoms with van der Waals surface area (Å²) < 4.78 is 10.7. The van der Waals surface area contributed by atoms with Gasteiger partial charge in [0.1, 0.15) is 12.0 Å². The lowest BCUT2D eigenvalue weighted by Gasteiger charge is -2.26. The van der Waals surface area contributed by atoms with Crippen molar-refractivity contribution in [1.29, 1.82) is 0 Å². The van der Waals surface area contributed by atoms with Crippen molar-refractivity contribution in [1.82, 2.24) is 14.9 Å². The average Bonchev–Trinajstić information content (AvgIpc) is 3.13. The monoisotopic (exact) mass is 356 g/mol. The van der Waals surface area contributed by atoms with Crippen molar-refractivity contribution in [2.75, 3.05) is 49.3 Å². The Kier molecular flexibility index (Phi) is 4.92. The topological polar surface area (TPSA) is 97.6 Å². The molecular weight excluding hydrogens is 332 g/mol. The third kappa shape index (κ3) is 3.75. The molecule has 0 unspecified atom stereocenters. The van der Waals surface area contributed by atoms with Crippen LogP contribution < -0.4 is 25.8 Å². The maximum absolute atomic E-state index is 6.24. The SMILES string of the molecule is Nc1c(NCCN2CCCCC2)ncnc1Nc1ccc2c(c1)OCO2. The van der Waals surface area contributed by atoms with Crippen molar-refractivity contribution in [2.24, 2.45) is 0 Å². The van der Waals surface area contributed by atoms with E-state index < -0.39 is 0 Å². The molecular formula is C18H24N6O2. The second-order valence-corrected chi connectivity index (χ2v) is 6.51. The largest absolute Gasteiger partial charge is 0.454 e. The molecule has 4 N–H and O–H groups in total. The van der Waals surface area contributed by atoms with Crippen LogP contribution >= 0.6 is 0 Å². The van der Waals surface area contributed by atoms with Gasteiger partial charge in [0.05, 0.1) is 0 Å². The Morgan fingerprint density at radius 1 is 1.04 bits per heavy atom. The molecule has 1 aromatic heterocycles. The lowest BCUT2D eigenvalue weighted by Crippen LogP contribution is -2.33. The van der Waals surface area contributed by atoms with Crippen molar-refractivity contribution in [2.45, 2.75) is 19.3 Å². The lowest BCUT2D eigenvalue weighted by atomic mass is 10.1. The summed E-state index contributed by atoms with van der Waals surface area (Å²) in [5.41, 5.74) is 7.58. The van der Waals surface area contributed by atoms with Crippen molar-refractivity contribution < 1.29 is 9.47 Å². The molecule has 2 aromatic rings. The highest BCUT2D eigenvalue weighted by atomic mass is 16.7. The minimum Gasteiger partial charge on any atom is -0.454 e. The molecule has 2 aliphatic heterocycles. The third-order valence-electron chi connectivity index (χ3n) is 4.69. The molecule has 0 atom stereocenters. The molecule has 0 saturated carbocycles. The van der Waals surface area contributed by atoms with Gasteiger partial charge in [0.15, 0.2) is 23.1 Å². The Morgan fingerprint density at radius 3 is 2.73 bits per heavy atom. The Bertz CT molecular complexity index is 763. The highest BCUT2D eigenvalue weighted by Crippen LogP contribution is 2.35. The van der Waals surface area contributed by atoms with Gasteiger partial charge in [-0.15, -0.1) is 0 Å². The summed E-state index contributed by atoms with van der Waals surface area (Å²) in [5.74, 6) is 2.67. The number of nitrogens with zero attached hydrogens (tertiary/aromatic N) is 3. The summed E-state index contributed by atoms with van der Waals surface area (Å²) in [4.78, 5) is 11.0. The third-order valence-corrected chi connectivity index (χ3v) is 4.69. The molecule has 0 aliphatic carbocycles. The van der Waals surface area contributed by atoms with Crippen LogP contribution in [0.1, 0.15) is 19.3 Å². The van der Waals surface area contributed by atoms with Crippen LogP contribution in [0.4, 0.5) is 23.0 Å². The Morgan fingerprint density at radius 2 is 1.85 bits per heavy atom. The molecule has 0 bridgehead atoms. The molecule has 4 rings (SSSR count). The fourth-order valence-electron chi connectivity index (χ4n) is 3.26. The number of nitrogens with two attached hydrogens (primary N) is 1. The van der Waals surface area contributed by atoms with Crippen LogP contribution in [0.15, 0.2) is 24.5 Å². The molecule has 0 radical (unpaired) electrons. The summed E-state index contributed by atoms with van der Waals surface area (Å²) in [6, 6.07) is 5.63. The number of piperidine rings is 1. The van der Waals surface area contributed by atoms with E-state index in [1.807, 2.05) is 18.2 Å². The van der Waals surface area contributed by atoms with E-state index in [4.69, 9.17) is 15.2 Å². The van der Waals surface area contributed by atoms with Crippen LogP contribution in [0.2, 0.25) is 0 Å². The number of fused-ring (bicyclic) bond motifs is 1. The number of benzene rings is 1. The van der Waals surface area contributed by atoms with E-state index in [9.17, 15) is 0 Å². The molecule has 0 spiro atoms. The Hall–Kier alpha value is -2.74.